The molecule has 0 aromatic heterocycles. The van der Waals surface area contributed by atoms with Gasteiger partial charge in [-0.2, -0.15) is 0 Å². The van der Waals surface area contributed by atoms with Crippen LogP contribution >= 0.6 is 0 Å². The lowest BCUT2D eigenvalue weighted by atomic mass is 9.73. The molecule has 0 saturated heterocycles. The van der Waals surface area contributed by atoms with Crippen molar-refractivity contribution >= 4 is 5.97 Å². The molecule has 28 heavy (non-hydrogen) atoms. The molecular formula is C24H34O4. The van der Waals surface area contributed by atoms with Gasteiger partial charge < -0.3 is 15.3 Å². The van der Waals surface area contributed by atoms with Crippen molar-refractivity contribution in [1.82, 2.24) is 0 Å². The summed E-state index contributed by atoms with van der Waals surface area (Å²) in [5.41, 5.74) is 3.92. The third-order valence-corrected chi connectivity index (χ3v) is 5.77. The van der Waals surface area contributed by atoms with Crippen LogP contribution in [-0.2, 0) is 11.2 Å². The monoisotopic (exact) mass is 386 g/mol. The largest absolute Gasteiger partial charge is 0.507 e. The van der Waals surface area contributed by atoms with Gasteiger partial charge in [-0.1, -0.05) is 43.1 Å². The summed E-state index contributed by atoms with van der Waals surface area (Å²) >= 11 is 0. The molecule has 4 heteroatoms. The van der Waals surface area contributed by atoms with Crippen LogP contribution in [0.4, 0.5) is 0 Å². The molecule has 1 aromatic rings. The van der Waals surface area contributed by atoms with Crippen molar-refractivity contribution in [3.05, 3.63) is 47.1 Å². The Balaban J connectivity index is 1.99. The molecule has 0 aliphatic heterocycles. The SMILES string of the molecule is C=C(C)[C@@H]1CCC(C)=C[C@H]1c1c(O)cc(CCCCCCCC(=O)O)cc1O. The van der Waals surface area contributed by atoms with Crippen LogP contribution in [0.3, 0.4) is 0 Å². The summed E-state index contributed by atoms with van der Waals surface area (Å²) in [6.07, 6.45) is 9.86. The van der Waals surface area contributed by atoms with Crippen LogP contribution in [-0.4, -0.2) is 21.3 Å². The molecule has 0 fully saturated rings. The number of rotatable bonds is 10. The van der Waals surface area contributed by atoms with E-state index >= 15 is 0 Å². The Morgan fingerprint density at radius 1 is 1.11 bits per heavy atom. The average Bonchev–Trinajstić information content (AvgIpc) is 2.60. The number of phenolic OH excluding ortho intramolecular Hbond substituents is 2. The molecule has 0 amide bonds. The standard InChI is InChI=1S/C24H34O4/c1-16(2)19-12-11-17(3)13-20(19)24-21(25)14-18(15-22(24)26)9-7-5-4-6-8-10-23(27)28/h13-15,19-20,25-26H,1,4-12H2,2-3H3,(H,27,28)/t19-,20+/m0/s1. The van der Waals surface area contributed by atoms with Crippen molar-refractivity contribution in [2.45, 2.75) is 77.6 Å². The maximum atomic E-state index is 10.7. The zero-order valence-corrected chi connectivity index (χ0v) is 17.2. The number of unbranched alkanes of at least 4 members (excludes halogenated alkanes) is 4. The molecule has 1 aliphatic rings. The molecular weight excluding hydrogens is 352 g/mol. The second kappa shape index (κ2) is 10.4. The smallest absolute Gasteiger partial charge is 0.303 e. The molecule has 0 bridgehead atoms. The number of carbonyl (C=O) groups is 1. The van der Waals surface area contributed by atoms with Gasteiger partial charge in [0.05, 0.1) is 0 Å². The highest BCUT2D eigenvalue weighted by molar-refractivity contribution is 5.66. The number of phenols is 2. The molecule has 1 aromatic carbocycles. The number of allylic oxidation sites excluding steroid dienone is 3. The minimum atomic E-state index is -0.733. The number of aryl methyl sites for hydroxylation is 1. The zero-order chi connectivity index (χ0) is 20.7. The van der Waals surface area contributed by atoms with E-state index in [1.807, 2.05) is 6.92 Å². The van der Waals surface area contributed by atoms with Gasteiger partial charge in [0.15, 0.2) is 0 Å². The Hall–Kier alpha value is -2.23. The van der Waals surface area contributed by atoms with E-state index in [2.05, 4.69) is 19.6 Å². The lowest BCUT2D eigenvalue weighted by Gasteiger charge is -2.31. The van der Waals surface area contributed by atoms with Gasteiger partial charge in [0.1, 0.15) is 11.5 Å². The Labute approximate surface area is 168 Å². The first kappa shape index (κ1) is 22.1. The third kappa shape index (κ3) is 6.15. The van der Waals surface area contributed by atoms with Crippen LogP contribution in [0.1, 0.15) is 82.3 Å². The highest BCUT2D eigenvalue weighted by Gasteiger charge is 2.30. The summed E-state index contributed by atoms with van der Waals surface area (Å²) in [5, 5.41) is 30.0. The average molecular weight is 387 g/mol. The Morgan fingerprint density at radius 2 is 1.71 bits per heavy atom. The molecule has 154 valence electrons. The van der Waals surface area contributed by atoms with Crippen LogP contribution in [0, 0.1) is 5.92 Å². The van der Waals surface area contributed by atoms with Gasteiger partial charge in [0.2, 0.25) is 0 Å². The van der Waals surface area contributed by atoms with Gasteiger partial charge in [0.25, 0.3) is 0 Å². The van der Waals surface area contributed by atoms with Gasteiger partial charge in [-0.05, 0) is 69.6 Å². The number of hydrogen-bond acceptors (Lipinski definition) is 3. The van der Waals surface area contributed by atoms with Crippen LogP contribution < -0.4 is 0 Å². The fourth-order valence-corrected chi connectivity index (χ4v) is 4.21. The van der Waals surface area contributed by atoms with Crippen molar-refractivity contribution in [2.75, 3.05) is 0 Å². The van der Waals surface area contributed by atoms with E-state index in [0.717, 1.165) is 62.5 Å². The first-order valence-corrected chi connectivity index (χ1v) is 10.4. The molecule has 0 unspecified atom stereocenters. The van der Waals surface area contributed by atoms with Crippen molar-refractivity contribution in [3.8, 4) is 11.5 Å². The number of carboxylic acids is 1. The van der Waals surface area contributed by atoms with Crippen LogP contribution in [0.5, 0.6) is 11.5 Å². The summed E-state index contributed by atoms with van der Waals surface area (Å²) in [6.45, 7) is 8.23. The van der Waals surface area contributed by atoms with E-state index in [4.69, 9.17) is 5.11 Å². The number of benzene rings is 1. The van der Waals surface area contributed by atoms with Crippen molar-refractivity contribution in [2.24, 2.45) is 5.92 Å². The lowest BCUT2D eigenvalue weighted by molar-refractivity contribution is -0.137. The lowest BCUT2D eigenvalue weighted by Crippen LogP contribution is -2.17. The zero-order valence-electron chi connectivity index (χ0n) is 17.2. The summed E-state index contributed by atoms with van der Waals surface area (Å²) in [5.74, 6) is -0.202. The van der Waals surface area contributed by atoms with Gasteiger partial charge >= 0.3 is 5.97 Å². The van der Waals surface area contributed by atoms with Crippen LogP contribution in [0.2, 0.25) is 0 Å². The van der Waals surface area contributed by atoms with Crippen molar-refractivity contribution < 1.29 is 20.1 Å². The third-order valence-electron chi connectivity index (χ3n) is 5.77. The Kier molecular flexibility index (Phi) is 8.16. The maximum Gasteiger partial charge on any atom is 0.303 e. The molecule has 2 atom stereocenters. The normalized spacial score (nSPS) is 19.3. The molecule has 4 nitrogen and oxygen atoms in total. The number of carboxylic acid groups (broad SMARTS) is 1. The predicted molar refractivity (Wildman–Crippen MR) is 113 cm³/mol. The summed E-state index contributed by atoms with van der Waals surface area (Å²) in [4.78, 5) is 10.5. The quantitative estimate of drug-likeness (QED) is 0.336. The molecule has 0 saturated carbocycles. The fraction of sp³-hybridized carbons (Fsp3) is 0.542. The van der Waals surface area contributed by atoms with Crippen LogP contribution in [0.25, 0.3) is 0 Å². The van der Waals surface area contributed by atoms with Gasteiger partial charge in [0, 0.05) is 17.9 Å². The van der Waals surface area contributed by atoms with Crippen molar-refractivity contribution in [3.63, 3.8) is 0 Å². The summed E-state index contributed by atoms with van der Waals surface area (Å²) in [7, 11) is 0. The summed E-state index contributed by atoms with van der Waals surface area (Å²) < 4.78 is 0. The maximum absolute atomic E-state index is 10.7. The molecule has 0 radical (unpaired) electrons. The van der Waals surface area contributed by atoms with E-state index in [0.29, 0.717) is 5.56 Å². The second-order valence-corrected chi connectivity index (χ2v) is 8.24. The van der Waals surface area contributed by atoms with E-state index in [1.165, 1.54) is 5.57 Å². The first-order valence-electron chi connectivity index (χ1n) is 10.4. The second-order valence-electron chi connectivity index (χ2n) is 8.24. The van der Waals surface area contributed by atoms with Gasteiger partial charge in [-0.25, -0.2) is 0 Å². The number of aromatic hydroxyl groups is 2. The minimum Gasteiger partial charge on any atom is -0.507 e. The highest BCUT2D eigenvalue weighted by atomic mass is 16.4. The van der Waals surface area contributed by atoms with E-state index in [1.54, 1.807) is 12.1 Å². The van der Waals surface area contributed by atoms with E-state index in [9.17, 15) is 15.0 Å². The molecule has 0 heterocycles. The Morgan fingerprint density at radius 3 is 2.32 bits per heavy atom. The topological polar surface area (TPSA) is 77.8 Å². The minimum absolute atomic E-state index is 0.0328. The molecule has 0 spiro atoms. The number of hydrogen-bond donors (Lipinski definition) is 3. The molecule has 3 N–H and O–H groups in total. The van der Waals surface area contributed by atoms with E-state index < -0.39 is 5.97 Å². The summed E-state index contributed by atoms with van der Waals surface area (Å²) in [6, 6.07) is 3.57. The van der Waals surface area contributed by atoms with Crippen molar-refractivity contribution in [1.29, 1.82) is 0 Å². The highest BCUT2D eigenvalue weighted by Crippen LogP contribution is 2.46. The molecule has 2 rings (SSSR count). The predicted octanol–water partition coefficient (Wildman–Crippen LogP) is 6.08. The van der Waals surface area contributed by atoms with Crippen LogP contribution in [0.15, 0.2) is 35.9 Å². The van der Waals surface area contributed by atoms with Gasteiger partial charge in [-0.15, -0.1) is 0 Å². The molecule has 1 aliphatic carbocycles. The van der Waals surface area contributed by atoms with E-state index in [-0.39, 0.29) is 29.8 Å². The van der Waals surface area contributed by atoms with Gasteiger partial charge in [-0.3, -0.25) is 4.79 Å². The fourth-order valence-electron chi connectivity index (χ4n) is 4.21. The number of aliphatic carboxylic acids is 1. The Bertz CT molecular complexity index is 709. The first-order chi connectivity index (χ1) is 13.3.